The molecule has 1 N–H and O–H groups in total. The lowest BCUT2D eigenvalue weighted by atomic mass is 10.1. The van der Waals surface area contributed by atoms with E-state index in [1.807, 2.05) is 48.7 Å². The molecule has 0 atom stereocenters. The summed E-state index contributed by atoms with van der Waals surface area (Å²) in [4.78, 5) is 12.2. The van der Waals surface area contributed by atoms with Crippen LogP contribution < -0.4 is 0 Å². The van der Waals surface area contributed by atoms with E-state index in [2.05, 4.69) is 15.0 Å². The van der Waals surface area contributed by atoms with Gasteiger partial charge in [0.1, 0.15) is 5.52 Å². The summed E-state index contributed by atoms with van der Waals surface area (Å²) >= 11 is 0. The monoisotopic (exact) mass is 260 g/mol. The number of rotatable bonds is 3. The molecule has 3 aromatic rings. The molecular weight excluding hydrogens is 248 g/mol. The van der Waals surface area contributed by atoms with Gasteiger partial charge in [0.2, 0.25) is 0 Å². The molecule has 4 heteroatoms. The van der Waals surface area contributed by atoms with Crippen molar-refractivity contribution in [1.82, 2.24) is 15.0 Å². The first-order valence-corrected chi connectivity index (χ1v) is 6.31. The summed E-state index contributed by atoms with van der Waals surface area (Å²) in [6.45, 7) is 0. The van der Waals surface area contributed by atoms with Crippen molar-refractivity contribution in [3.63, 3.8) is 0 Å². The Balaban J connectivity index is 2.04. The maximum Gasteiger partial charge on any atom is 0.156 e. The minimum Gasteiger partial charge on any atom is -0.345 e. The first-order valence-electron chi connectivity index (χ1n) is 6.31. The number of allylic oxidation sites excluding steroid dienone is 2. The third-order valence-electron chi connectivity index (χ3n) is 3.06. The van der Waals surface area contributed by atoms with Crippen LogP contribution in [-0.2, 0) is 6.42 Å². The fraction of sp³-hybridized carbons (Fsp3) is 0.0625. The van der Waals surface area contributed by atoms with Crippen molar-refractivity contribution in [3.05, 3.63) is 60.4 Å². The third kappa shape index (κ3) is 2.29. The highest BCUT2D eigenvalue weighted by Gasteiger charge is 2.07. The standard InChI is InChI=1S/C16H12N4/c17-9-5-4-8-13-10-18-16-15(13)20-14(11-19-16)12-6-2-1-3-7-12/h1-7,10-11H,8H2,(H,18,19)/b5-4+. The molecule has 0 saturated carbocycles. The Morgan fingerprint density at radius 3 is 2.90 bits per heavy atom. The van der Waals surface area contributed by atoms with Crippen molar-refractivity contribution in [2.75, 3.05) is 0 Å². The van der Waals surface area contributed by atoms with Crippen LogP contribution in [0.15, 0.2) is 54.9 Å². The first-order chi connectivity index (χ1) is 9.88. The molecule has 0 spiro atoms. The fourth-order valence-corrected chi connectivity index (χ4v) is 2.08. The SMILES string of the molecule is N#C/C=C/Cc1c[nH]c2ncc(-c3ccccc3)nc12. The van der Waals surface area contributed by atoms with Gasteiger partial charge in [-0.05, 0) is 6.42 Å². The van der Waals surface area contributed by atoms with E-state index < -0.39 is 0 Å². The summed E-state index contributed by atoms with van der Waals surface area (Å²) < 4.78 is 0. The van der Waals surface area contributed by atoms with Gasteiger partial charge in [-0.2, -0.15) is 5.26 Å². The molecule has 0 bridgehead atoms. The number of nitrogens with zero attached hydrogens (tertiary/aromatic N) is 3. The van der Waals surface area contributed by atoms with Crippen LogP contribution in [0.5, 0.6) is 0 Å². The normalized spacial score (nSPS) is 10.9. The second-order valence-electron chi connectivity index (χ2n) is 4.37. The number of H-pyrrole nitrogens is 1. The minimum absolute atomic E-state index is 0.667. The zero-order chi connectivity index (χ0) is 13.8. The Labute approximate surface area is 116 Å². The molecule has 0 saturated heterocycles. The van der Waals surface area contributed by atoms with Crippen LogP contribution >= 0.6 is 0 Å². The number of hydrogen-bond acceptors (Lipinski definition) is 3. The van der Waals surface area contributed by atoms with Gasteiger partial charge in [-0.3, -0.25) is 0 Å². The van der Waals surface area contributed by atoms with Crippen molar-refractivity contribution in [2.45, 2.75) is 6.42 Å². The van der Waals surface area contributed by atoms with Crippen LogP contribution in [0, 0.1) is 11.3 Å². The van der Waals surface area contributed by atoms with Crippen LogP contribution in [0.4, 0.5) is 0 Å². The zero-order valence-electron chi connectivity index (χ0n) is 10.7. The number of hydrogen-bond donors (Lipinski definition) is 1. The Hall–Kier alpha value is -2.93. The van der Waals surface area contributed by atoms with E-state index in [9.17, 15) is 0 Å². The average molecular weight is 260 g/mol. The van der Waals surface area contributed by atoms with Gasteiger partial charge in [0.15, 0.2) is 5.65 Å². The number of nitrogens with one attached hydrogen (secondary N) is 1. The molecule has 0 radical (unpaired) electrons. The molecular formula is C16H12N4. The molecule has 0 aliphatic heterocycles. The summed E-state index contributed by atoms with van der Waals surface area (Å²) in [7, 11) is 0. The highest BCUT2D eigenvalue weighted by atomic mass is 14.9. The van der Waals surface area contributed by atoms with Crippen molar-refractivity contribution in [3.8, 4) is 17.3 Å². The van der Waals surface area contributed by atoms with Crippen LogP contribution in [0.1, 0.15) is 5.56 Å². The topological polar surface area (TPSA) is 65.4 Å². The number of benzene rings is 1. The van der Waals surface area contributed by atoms with E-state index in [0.29, 0.717) is 6.42 Å². The molecule has 1 aromatic carbocycles. The van der Waals surface area contributed by atoms with Gasteiger partial charge in [0.25, 0.3) is 0 Å². The second kappa shape index (κ2) is 5.37. The van der Waals surface area contributed by atoms with Gasteiger partial charge in [-0.15, -0.1) is 0 Å². The highest BCUT2D eigenvalue weighted by molar-refractivity contribution is 5.78. The minimum atomic E-state index is 0.667. The van der Waals surface area contributed by atoms with Crippen LogP contribution in [0.25, 0.3) is 22.4 Å². The van der Waals surface area contributed by atoms with Gasteiger partial charge in [0, 0.05) is 23.4 Å². The van der Waals surface area contributed by atoms with Crippen molar-refractivity contribution in [2.24, 2.45) is 0 Å². The molecule has 3 rings (SSSR count). The van der Waals surface area contributed by atoms with Gasteiger partial charge in [0.05, 0.1) is 18.0 Å². The summed E-state index contributed by atoms with van der Waals surface area (Å²) in [6.07, 6.45) is 7.62. The molecule has 20 heavy (non-hydrogen) atoms. The molecule has 4 nitrogen and oxygen atoms in total. The zero-order valence-corrected chi connectivity index (χ0v) is 10.7. The summed E-state index contributed by atoms with van der Waals surface area (Å²) in [5.41, 5.74) is 4.56. The van der Waals surface area contributed by atoms with E-state index in [1.54, 1.807) is 6.20 Å². The van der Waals surface area contributed by atoms with Gasteiger partial charge in [-0.25, -0.2) is 9.97 Å². The Morgan fingerprint density at radius 1 is 1.25 bits per heavy atom. The second-order valence-corrected chi connectivity index (χ2v) is 4.37. The van der Waals surface area contributed by atoms with Gasteiger partial charge < -0.3 is 4.98 Å². The molecule has 2 aromatic heterocycles. The van der Waals surface area contributed by atoms with Crippen molar-refractivity contribution < 1.29 is 0 Å². The molecule has 0 fully saturated rings. The lowest BCUT2D eigenvalue weighted by Crippen LogP contribution is -1.89. The smallest absolute Gasteiger partial charge is 0.156 e. The maximum atomic E-state index is 8.53. The first kappa shape index (κ1) is 12.1. The summed E-state index contributed by atoms with van der Waals surface area (Å²) in [5.74, 6) is 0. The van der Waals surface area contributed by atoms with E-state index >= 15 is 0 Å². The predicted octanol–water partition coefficient (Wildman–Crippen LogP) is 3.25. The molecule has 0 unspecified atom stereocenters. The highest BCUT2D eigenvalue weighted by Crippen LogP contribution is 2.21. The molecule has 96 valence electrons. The predicted molar refractivity (Wildman–Crippen MR) is 77.8 cm³/mol. The Kier molecular flexibility index (Phi) is 3.25. The molecule has 0 aliphatic rings. The quantitative estimate of drug-likeness (QED) is 0.735. The van der Waals surface area contributed by atoms with E-state index in [4.69, 9.17) is 5.26 Å². The van der Waals surface area contributed by atoms with E-state index in [1.165, 1.54) is 6.08 Å². The third-order valence-corrected chi connectivity index (χ3v) is 3.06. The van der Waals surface area contributed by atoms with Crippen LogP contribution in [0.2, 0.25) is 0 Å². The van der Waals surface area contributed by atoms with E-state index in [0.717, 1.165) is 28.0 Å². The Bertz CT molecular complexity index is 794. The number of aromatic amines is 1. The van der Waals surface area contributed by atoms with Gasteiger partial charge >= 0.3 is 0 Å². The summed E-state index contributed by atoms with van der Waals surface area (Å²) in [5, 5.41) is 8.53. The van der Waals surface area contributed by atoms with Gasteiger partial charge in [-0.1, -0.05) is 36.4 Å². The van der Waals surface area contributed by atoms with Crippen molar-refractivity contribution in [1.29, 1.82) is 5.26 Å². The number of aromatic nitrogens is 3. The number of fused-ring (bicyclic) bond motifs is 1. The lowest BCUT2D eigenvalue weighted by molar-refractivity contribution is 1.25. The molecule has 0 amide bonds. The molecule has 0 aliphatic carbocycles. The molecule has 2 heterocycles. The Morgan fingerprint density at radius 2 is 2.10 bits per heavy atom. The largest absolute Gasteiger partial charge is 0.345 e. The lowest BCUT2D eigenvalue weighted by Gasteiger charge is -2.00. The van der Waals surface area contributed by atoms with Crippen LogP contribution in [-0.4, -0.2) is 15.0 Å². The van der Waals surface area contributed by atoms with E-state index in [-0.39, 0.29) is 0 Å². The maximum absolute atomic E-state index is 8.53. The summed E-state index contributed by atoms with van der Waals surface area (Å²) in [6, 6.07) is 12.0. The van der Waals surface area contributed by atoms with Crippen LogP contribution in [0.3, 0.4) is 0 Å². The average Bonchev–Trinajstić information content (AvgIpc) is 2.91. The number of nitriles is 1. The van der Waals surface area contributed by atoms with Crippen molar-refractivity contribution >= 4 is 11.2 Å². The fourth-order valence-electron chi connectivity index (χ4n) is 2.08.